The van der Waals surface area contributed by atoms with Crippen LogP contribution in [0.3, 0.4) is 0 Å². The molecule has 0 unspecified atom stereocenters. The Kier molecular flexibility index (Phi) is 7.50. The van der Waals surface area contributed by atoms with Crippen LogP contribution in [0.4, 0.5) is 11.4 Å². The van der Waals surface area contributed by atoms with E-state index in [1.807, 2.05) is 0 Å². The molecule has 0 radical (unpaired) electrons. The molecule has 0 fully saturated rings. The third-order valence-electron chi connectivity index (χ3n) is 3.91. The lowest BCUT2D eigenvalue weighted by molar-refractivity contribution is -0.121. The quantitative estimate of drug-likeness (QED) is 0.686. The van der Waals surface area contributed by atoms with Gasteiger partial charge in [-0.05, 0) is 24.3 Å². The number of ether oxygens (including phenoxy) is 4. The average molecular weight is 388 g/mol. The summed E-state index contributed by atoms with van der Waals surface area (Å²) in [4.78, 5) is 24.2. The predicted octanol–water partition coefficient (Wildman–Crippen LogP) is 3.08. The number of nitrogens with one attached hydrogen (secondary N) is 2. The van der Waals surface area contributed by atoms with Gasteiger partial charge in [0.15, 0.2) is 23.0 Å². The molecule has 8 nitrogen and oxygen atoms in total. The van der Waals surface area contributed by atoms with Crippen LogP contribution in [-0.4, -0.2) is 40.3 Å². The van der Waals surface area contributed by atoms with Crippen molar-refractivity contribution in [3.63, 3.8) is 0 Å². The number of methoxy groups -OCH3 is 4. The van der Waals surface area contributed by atoms with Gasteiger partial charge in [0.05, 0.1) is 28.4 Å². The molecule has 150 valence electrons. The third-order valence-corrected chi connectivity index (χ3v) is 3.91. The van der Waals surface area contributed by atoms with E-state index in [2.05, 4.69) is 10.6 Å². The number of anilines is 2. The maximum absolute atomic E-state index is 12.1. The van der Waals surface area contributed by atoms with Crippen molar-refractivity contribution >= 4 is 23.2 Å². The molecule has 0 aromatic heterocycles. The molecule has 0 aliphatic heterocycles. The summed E-state index contributed by atoms with van der Waals surface area (Å²) < 4.78 is 20.7. The lowest BCUT2D eigenvalue weighted by Gasteiger charge is -2.11. The van der Waals surface area contributed by atoms with Crippen molar-refractivity contribution in [2.75, 3.05) is 39.1 Å². The SMILES string of the molecule is COc1ccc(NC(=O)CCC(=O)Nc2ccc(OC)c(OC)c2)cc1OC. The zero-order valence-corrected chi connectivity index (χ0v) is 16.3. The molecule has 2 amide bonds. The molecule has 2 rings (SSSR count). The lowest BCUT2D eigenvalue weighted by Crippen LogP contribution is -2.17. The Morgan fingerprint density at radius 1 is 0.643 bits per heavy atom. The van der Waals surface area contributed by atoms with Crippen molar-refractivity contribution in [1.29, 1.82) is 0 Å². The van der Waals surface area contributed by atoms with Gasteiger partial charge in [0.25, 0.3) is 0 Å². The number of benzene rings is 2. The maximum atomic E-state index is 12.1. The Morgan fingerprint density at radius 2 is 1.00 bits per heavy atom. The van der Waals surface area contributed by atoms with Crippen molar-refractivity contribution in [3.8, 4) is 23.0 Å². The highest BCUT2D eigenvalue weighted by Crippen LogP contribution is 2.30. The summed E-state index contributed by atoms with van der Waals surface area (Å²) in [5.41, 5.74) is 1.12. The first-order chi connectivity index (χ1) is 13.5. The first kappa shape index (κ1) is 20.9. The maximum Gasteiger partial charge on any atom is 0.224 e. The monoisotopic (exact) mass is 388 g/mol. The Bertz CT molecular complexity index is 768. The van der Waals surface area contributed by atoms with E-state index in [9.17, 15) is 9.59 Å². The second-order valence-corrected chi connectivity index (χ2v) is 5.74. The van der Waals surface area contributed by atoms with E-state index in [-0.39, 0.29) is 24.7 Å². The van der Waals surface area contributed by atoms with Gasteiger partial charge in [0.1, 0.15) is 0 Å². The highest BCUT2D eigenvalue weighted by molar-refractivity contribution is 5.97. The molecule has 0 saturated carbocycles. The fourth-order valence-electron chi connectivity index (χ4n) is 2.50. The normalized spacial score (nSPS) is 10.0. The fraction of sp³-hybridized carbons (Fsp3) is 0.300. The minimum absolute atomic E-state index is 0.0352. The molecule has 2 aromatic rings. The van der Waals surface area contributed by atoms with Crippen LogP contribution in [0.15, 0.2) is 36.4 Å². The van der Waals surface area contributed by atoms with Crippen molar-refractivity contribution in [2.24, 2.45) is 0 Å². The van der Waals surface area contributed by atoms with Gasteiger partial charge in [0.2, 0.25) is 11.8 Å². The Labute approximate surface area is 163 Å². The molecule has 2 N–H and O–H groups in total. The van der Waals surface area contributed by atoms with Crippen LogP contribution in [0.5, 0.6) is 23.0 Å². The molecule has 0 heterocycles. The Morgan fingerprint density at radius 3 is 1.32 bits per heavy atom. The largest absolute Gasteiger partial charge is 0.493 e. The highest BCUT2D eigenvalue weighted by atomic mass is 16.5. The highest BCUT2D eigenvalue weighted by Gasteiger charge is 2.11. The van der Waals surface area contributed by atoms with E-state index in [0.29, 0.717) is 34.4 Å². The summed E-state index contributed by atoms with van der Waals surface area (Å²) in [5.74, 6) is 1.58. The Hall–Kier alpha value is -3.42. The molecule has 8 heteroatoms. The van der Waals surface area contributed by atoms with Crippen LogP contribution >= 0.6 is 0 Å². The summed E-state index contributed by atoms with van der Waals surface area (Å²) in [5, 5.41) is 5.46. The number of carbonyl (C=O) groups is 2. The van der Waals surface area contributed by atoms with E-state index in [1.165, 1.54) is 28.4 Å². The predicted molar refractivity (Wildman–Crippen MR) is 106 cm³/mol. The van der Waals surface area contributed by atoms with Crippen LogP contribution in [-0.2, 0) is 9.59 Å². The van der Waals surface area contributed by atoms with Crippen LogP contribution < -0.4 is 29.6 Å². The summed E-state index contributed by atoms with van der Waals surface area (Å²) in [7, 11) is 6.10. The van der Waals surface area contributed by atoms with Gasteiger partial charge in [-0.1, -0.05) is 0 Å². The van der Waals surface area contributed by atoms with E-state index in [1.54, 1.807) is 36.4 Å². The van der Waals surface area contributed by atoms with Gasteiger partial charge in [-0.2, -0.15) is 0 Å². The van der Waals surface area contributed by atoms with E-state index < -0.39 is 0 Å². The standard InChI is InChI=1S/C20H24N2O6/c1-25-15-7-5-13(11-17(15)27-3)21-19(23)9-10-20(24)22-14-6-8-16(26-2)18(12-14)28-4/h5-8,11-12H,9-10H2,1-4H3,(H,21,23)(H,22,24). The van der Waals surface area contributed by atoms with Gasteiger partial charge in [-0.15, -0.1) is 0 Å². The second-order valence-electron chi connectivity index (χ2n) is 5.74. The topological polar surface area (TPSA) is 95.1 Å². The van der Waals surface area contributed by atoms with Gasteiger partial charge < -0.3 is 29.6 Å². The molecule has 0 aliphatic carbocycles. The molecule has 0 aliphatic rings. The fourth-order valence-corrected chi connectivity index (χ4v) is 2.50. The van der Waals surface area contributed by atoms with Crippen LogP contribution in [0.25, 0.3) is 0 Å². The molecule has 0 bridgehead atoms. The first-order valence-electron chi connectivity index (χ1n) is 8.54. The van der Waals surface area contributed by atoms with Gasteiger partial charge in [-0.3, -0.25) is 9.59 Å². The number of hydrogen-bond donors (Lipinski definition) is 2. The minimum Gasteiger partial charge on any atom is -0.493 e. The van der Waals surface area contributed by atoms with Gasteiger partial charge in [-0.25, -0.2) is 0 Å². The van der Waals surface area contributed by atoms with E-state index in [4.69, 9.17) is 18.9 Å². The average Bonchev–Trinajstić information content (AvgIpc) is 2.72. The summed E-state index contributed by atoms with van der Waals surface area (Å²) in [6.45, 7) is 0. The molecular weight excluding hydrogens is 364 g/mol. The molecule has 0 atom stereocenters. The van der Waals surface area contributed by atoms with E-state index in [0.717, 1.165) is 0 Å². The van der Waals surface area contributed by atoms with Gasteiger partial charge >= 0.3 is 0 Å². The van der Waals surface area contributed by atoms with Crippen molar-refractivity contribution < 1.29 is 28.5 Å². The van der Waals surface area contributed by atoms with Crippen molar-refractivity contribution in [3.05, 3.63) is 36.4 Å². The molecule has 0 saturated heterocycles. The zero-order chi connectivity index (χ0) is 20.5. The van der Waals surface area contributed by atoms with Crippen molar-refractivity contribution in [2.45, 2.75) is 12.8 Å². The zero-order valence-electron chi connectivity index (χ0n) is 16.3. The van der Waals surface area contributed by atoms with Crippen LogP contribution in [0.2, 0.25) is 0 Å². The van der Waals surface area contributed by atoms with Gasteiger partial charge in [0, 0.05) is 36.3 Å². The number of hydrogen-bond acceptors (Lipinski definition) is 6. The lowest BCUT2D eigenvalue weighted by atomic mass is 10.2. The second kappa shape index (κ2) is 10.1. The van der Waals surface area contributed by atoms with E-state index >= 15 is 0 Å². The molecular formula is C20H24N2O6. The number of rotatable bonds is 9. The third kappa shape index (κ3) is 5.54. The van der Waals surface area contributed by atoms with Crippen LogP contribution in [0, 0.1) is 0 Å². The Balaban J connectivity index is 1.88. The number of carbonyl (C=O) groups excluding carboxylic acids is 2. The number of amides is 2. The van der Waals surface area contributed by atoms with Crippen molar-refractivity contribution in [1.82, 2.24) is 0 Å². The van der Waals surface area contributed by atoms with Crippen LogP contribution in [0.1, 0.15) is 12.8 Å². The molecule has 2 aromatic carbocycles. The summed E-state index contributed by atoms with van der Waals surface area (Å²) in [6.07, 6.45) is 0.0704. The summed E-state index contributed by atoms with van der Waals surface area (Å²) in [6, 6.07) is 10.1. The first-order valence-corrected chi connectivity index (χ1v) is 8.54. The smallest absolute Gasteiger partial charge is 0.224 e. The molecule has 0 spiro atoms. The molecule has 28 heavy (non-hydrogen) atoms. The minimum atomic E-state index is -0.283. The summed E-state index contributed by atoms with van der Waals surface area (Å²) >= 11 is 0.